The van der Waals surface area contributed by atoms with E-state index in [0.717, 1.165) is 38.2 Å². The predicted octanol–water partition coefficient (Wildman–Crippen LogP) is 1.55. The monoisotopic (exact) mass is 350 g/mol. The summed E-state index contributed by atoms with van der Waals surface area (Å²) >= 11 is 0. The summed E-state index contributed by atoms with van der Waals surface area (Å²) in [4.78, 5) is 47.9. The van der Waals surface area contributed by atoms with Gasteiger partial charge in [0.25, 0.3) is 11.6 Å². The van der Waals surface area contributed by atoms with Gasteiger partial charge in [-0.2, -0.15) is 0 Å². The van der Waals surface area contributed by atoms with Crippen LogP contribution in [0.1, 0.15) is 40.5 Å². The minimum absolute atomic E-state index is 0.151. The number of amides is 1. The Bertz CT molecular complexity index is 710. The van der Waals surface area contributed by atoms with Crippen molar-refractivity contribution in [2.24, 2.45) is 0 Å². The fourth-order valence-electron chi connectivity index (χ4n) is 2.54. The third-order valence-corrected chi connectivity index (χ3v) is 3.83. The highest BCUT2D eigenvalue weighted by Gasteiger charge is 2.27. The van der Waals surface area contributed by atoms with Gasteiger partial charge in [-0.15, -0.1) is 0 Å². The van der Waals surface area contributed by atoms with E-state index in [9.17, 15) is 24.5 Å². The van der Waals surface area contributed by atoms with E-state index in [2.05, 4.69) is 4.74 Å². The van der Waals surface area contributed by atoms with Crippen LogP contribution < -0.4 is 0 Å². The van der Waals surface area contributed by atoms with Crippen LogP contribution in [0.25, 0.3) is 0 Å². The zero-order chi connectivity index (χ0) is 18.6. The first kappa shape index (κ1) is 18.4. The summed E-state index contributed by atoms with van der Waals surface area (Å²) in [6.45, 7) is 2.67. The van der Waals surface area contributed by atoms with Gasteiger partial charge < -0.3 is 14.4 Å². The molecule has 25 heavy (non-hydrogen) atoms. The summed E-state index contributed by atoms with van der Waals surface area (Å²) in [7, 11) is 1.12. The highest BCUT2D eigenvalue weighted by atomic mass is 16.6. The van der Waals surface area contributed by atoms with Gasteiger partial charge in [0.15, 0.2) is 6.10 Å². The Balaban J connectivity index is 2.19. The third kappa shape index (κ3) is 4.31. The van der Waals surface area contributed by atoms with Gasteiger partial charge in [-0.3, -0.25) is 14.9 Å². The maximum absolute atomic E-state index is 12.2. The number of nitro groups is 1. The fourth-order valence-corrected chi connectivity index (χ4v) is 2.54. The Morgan fingerprint density at radius 2 is 1.68 bits per heavy atom. The van der Waals surface area contributed by atoms with Crippen LogP contribution >= 0.6 is 0 Å². The number of non-ortho nitro benzene ring substituents is 1. The molecule has 1 fully saturated rings. The van der Waals surface area contributed by atoms with Crippen molar-refractivity contribution in [2.75, 3.05) is 20.2 Å². The topological polar surface area (TPSA) is 116 Å². The largest absolute Gasteiger partial charge is 0.465 e. The molecule has 1 aliphatic heterocycles. The molecular formula is C16H18N2O7. The van der Waals surface area contributed by atoms with Crippen LogP contribution in [0.15, 0.2) is 18.2 Å². The van der Waals surface area contributed by atoms with Crippen molar-refractivity contribution in [1.29, 1.82) is 0 Å². The number of rotatable bonds is 5. The van der Waals surface area contributed by atoms with Crippen molar-refractivity contribution in [1.82, 2.24) is 4.90 Å². The molecule has 0 spiro atoms. The minimum Gasteiger partial charge on any atom is -0.465 e. The second kappa shape index (κ2) is 7.73. The summed E-state index contributed by atoms with van der Waals surface area (Å²) in [5, 5.41) is 11.0. The standard InChI is InChI=1S/C16H18N2O7/c1-10(14(19)17-5-3-4-6-17)25-16(21)12-7-11(15(20)24-2)8-13(9-12)18(22)23/h7-10H,3-6H2,1-2H3/t10-/m1/s1. The second-order valence-corrected chi connectivity index (χ2v) is 5.60. The SMILES string of the molecule is COC(=O)c1cc(C(=O)O[C@H](C)C(=O)N2CCCC2)cc([N+](=O)[O-])c1. The first-order valence-electron chi connectivity index (χ1n) is 7.71. The van der Waals surface area contributed by atoms with Crippen LogP contribution in [0.4, 0.5) is 5.69 Å². The quantitative estimate of drug-likeness (QED) is 0.449. The number of likely N-dealkylation sites (tertiary alicyclic amines) is 1. The number of esters is 2. The van der Waals surface area contributed by atoms with E-state index >= 15 is 0 Å². The molecule has 9 heteroatoms. The predicted molar refractivity (Wildman–Crippen MR) is 85.1 cm³/mol. The van der Waals surface area contributed by atoms with Crippen molar-refractivity contribution in [3.63, 3.8) is 0 Å². The molecule has 9 nitrogen and oxygen atoms in total. The fraction of sp³-hybridized carbons (Fsp3) is 0.438. The van der Waals surface area contributed by atoms with Crippen LogP contribution in [0.5, 0.6) is 0 Å². The highest BCUT2D eigenvalue weighted by molar-refractivity contribution is 5.97. The van der Waals surface area contributed by atoms with E-state index in [1.807, 2.05) is 0 Å². The third-order valence-electron chi connectivity index (χ3n) is 3.83. The van der Waals surface area contributed by atoms with Crippen LogP contribution in [-0.4, -0.2) is 54.0 Å². The molecule has 1 heterocycles. The van der Waals surface area contributed by atoms with Crippen LogP contribution in [-0.2, 0) is 14.3 Å². The second-order valence-electron chi connectivity index (χ2n) is 5.60. The van der Waals surface area contributed by atoms with Crippen molar-refractivity contribution in [2.45, 2.75) is 25.9 Å². The number of carbonyl (C=O) groups is 3. The Morgan fingerprint density at radius 1 is 1.12 bits per heavy atom. The number of nitrogens with zero attached hydrogens (tertiary/aromatic N) is 2. The molecule has 1 aromatic carbocycles. The molecule has 1 saturated heterocycles. The first-order chi connectivity index (χ1) is 11.8. The number of methoxy groups -OCH3 is 1. The number of ether oxygens (including phenoxy) is 2. The number of hydrogen-bond acceptors (Lipinski definition) is 7. The Kier molecular flexibility index (Phi) is 5.68. The highest BCUT2D eigenvalue weighted by Crippen LogP contribution is 2.20. The zero-order valence-electron chi connectivity index (χ0n) is 13.9. The molecule has 0 unspecified atom stereocenters. The maximum Gasteiger partial charge on any atom is 0.339 e. The van der Waals surface area contributed by atoms with Crippen LogP contribution in [0, 0.1) is 10.1 Å². The van der Waals surface area contributed by atoms with Gasteiger partial charge in [-0.25, -0.2) is 9.59 Å². The number of hydrogen-bond donors (Lipinski definition) is 0. The average molecular weight is 350 g/mol. The molecule has 1 amide bonds. The zero-order valence-corrected chi connectivity index (χ0v) is 13.9. The van der Waals surface area contributed by atoms with Gasteiger partial charge in [0.2, 0.25) is 0 Å². The van der Waals surface area contributed by atoms with Gasteiger partial charge in [-0.05, 0) is 25.8 Å². The molecule has 1 aromatic rings. The van der Waals surface area contributed by atoms with Crippen molar-refractivity contribution >= 4 is 23.5 Å². The summed E-state index contributed by atoms with van der Waals surface area (Å²) < 4.78 is 9.63. The lowest BCUT2D eigenvalue weighted by Gasteiger charge is -2.20. The molecular weight excluding hydrogens is 332 g/mol. The molecule has 1 atom stereocenters. The van der Waals surface area contributed by atoms with Crippen molar-refractivity contribution in [3.05, 3.63) is 39.4 Å². The average Bonchev–Trinajstić information content (AvgIpc) is 3.14. The van der Waals surface area contributed by atoms with Crippen LogP contribution in [0.2, 0.25) is 0 Å². The van der Waals surface area contributed by atoms with E-state index in [-0.39, 0.29) is 17.0 Å². The number of carbonyl (C=O) groups excluding carboxylic acids is 3. The van der Waals surface area contributed by atoms with E-state index < -0.39 is 28.7 Å². The minimum atomic E-state index is -1.02. The van der Waals surface area contributed by atoms with E-state index in [1.54, 1.807) is 4.90 Å². The number of benzene rings is 1. The summed E-state index contributed by atoms with van der Waals surface area (Å²) in [6, 6.07) is 3.12. The van der Waals surface area contributed by atoms with Crippen LogP contribution in [0.3, 0.4) is 0 Å². The Labute approximate surface area is 143 Å². The van der Waals surface area contributed by atoms with Gasteiger partial charge in [0.1, 0.15) is 0 Å². The normalized spacial score (nSPS) is 14.7. The Hall–Kier alpha value is -2.97. The Morgan fingerprint density at radius 3 is 2.20 bits per heavy atom. The van der Waals surface area contributed by atoms with E-state index in [0.29, 0.717) is 13.1 Å². The van der Waals surface area contributed by atoms with Gasteiger partial charge >= 0.3 is 11.9 Å². The molecule has 0 bridgehead atoms. The molecule has 1 aliphatic rings. The van der Waals surface area contributed by atoms with E-state index in [4.69, 9.17) is 4.74 Å². The molecule has 0 N–H and O–H groups in total. The molecule has 0 aliphatic carbocycles. The molecule has 0 aromatic heterocycles. The van der Waals surface area contributed by atoms with E-state index in [1.165, 1.54) is 6.92 Å². The lowest BCUT2D eigenvalue weighted by atomic mass is 10.1. The number of nitro benzene ring substituents is 1. The van der Waals surface area contributed by atoms with Gasteiger partial charge in [-0.1, -0.05) is 0 Å². The first-order valence-corrected chi connectivity index (χ1v) is 7.71. The molecule has 0 radical (unpaired) electrons. The smallest absolute Gasteiger partial charge is 0.339 e. The van der Waals surface area contributed by atoms with Gasteiger partial charge in [0.05, 0.1) is 23.2 Å². The maximum atomic E-state index is 12.2. The lowest BCUT2D eigenvalue weighted by Crippen LogP contribution is -2.38. The lowest BCUT2D eigenvalue weighted by molar-refractivity contribution is -0.384. The molecule has 2 rings (SSSR count). The molecule has 134 valence electrons. The van der Waals surface area contributed by atoms with Crippen molar-refractivity contribution in [3.8, 4) is 0 Å². The molecule has 0 saturated carbocycles. The van der Waals surface area contributed by atoms with Crippen molar-refractivity contribution < 1.29 is 28.8 Å². The summed E-state index contributed by atoms with van der Waals surface area (Å²) in [5.74, 6) is -2.06. The van der Waals surface area contributed by atoms with Gasteiger partial charge in [0, 0.05) is 25.2 Å². The summed E-state index contributed by atoms with van der Waals surface area (Å²) in [5.41, 5.74) is -0.800. The summed E-state index contributed by atoms with van der Waals surface area (Å²) in [6.07, 6.45) is 0.783.